The zero-order valence-electron chi connectivity index (χ0n) is 10.8. The number of rotatable bonds is 7. The number of hydrogen-bond acceptors (Lipinski definition) is 5. The number of carbonyl (C=O) groups is 3. The number of nitrogens with one attached hydrogen (secondary N) is 2. The first-order valence-electron chi connectivity index (χ1n) is 5.60. The van der Waals surface area contributed by atoms with Crippen LogP contribution in [0.1, 0.15) is 26.2 Å². The quantitative estimate of drug-likeness (QED) is 0.580. The molecule has 0 fully saturated rings. The van der Waals surface area contributed by atoms with E-state index in [0.29, 0.717) is 0 Å². The maximum Gasteiger partial charge on any atom is 0.321 e. The molecule has 0 aliphatic heterocycles. The summed E-state index contributed by atoms with van der Waals surface area (Å²) in [6.07, 6.45) is 0.938. The molecule has 0 aromatic carbocycles. The van der Waals surface area contributed by atoms with Gasteiger partial charge < -0.3 is 10.4 Å². The fourth-order valence-corrected chi connectivity index (χ4v) is 2.34. The van der Waals surface area contributed by atoms with Crippen LogP contribution in [0.4, 0.5) is 4.79 Å². The monoisotopic (exact) mass is 294 g/mol. The molecule has 19 heavy (non-hydrogen) atoms. The summed E-state index contributed by atoms with van der Waals surface area (Å²) in [7, 11) is -3.21. The van der Waals surface area contributed by atoms with E-state index in [2.05, 4.69) is 5.32 Å². The lowest BCUT2D eigenvalue weighted by atomic mass is 10.2. The van der Waals surface area contributed by atoms with E-state index < -0.39 is 33.8 Å². The van der Waals surface area contributed by atoms with Crippen LogP contribution < -0.4 is 10.6 Å². The van der Waals surface area contributed by atoms with Crippen molar-refractivity contribution in [2.45, 2.75) is 32.2 Å². The molecule has 0 aromatic rings. The number of imide groups is 1. The summed E-state index contributed by atoms with van der Waals surface area (Å²) in [6.45, 7) is 1.50. The average Bonchev–Trinajstić information content (AvgIpc) is 2.12. The van der Waals surface area contributed by atoms with Gasteiger partial charge in [0.05, 0.1) is 5.75 Å². The highest BCUT2D eigenvalue weighted by molar-refractivity contribution is 7.90. The van der Waals surface area contributed by atoms with Gasteiger partial charge in [-0.1, -0.05) is 0 Å². The van der Waals surface area contributed by atoms with E-state index in [9.17, 15) is 22.8 Å². The Morgan fingerprint density at radius 1 is 1.21 bits per heavy atom. The molecule has 8 nitrogen and oxygen atoms in total. The van der Waals surface area contributed by atoms with Gasteiger partial charge in [-0.2, -0.15) is 0 Å². The van der Waals surface area contributed by atoms with Crippen molar-refractivity contribution in [3.8, 4) is 0 Å². The van der Waals surface area contributed by atoms with Crippen LogP contribution in [0.15, 0.2) is 0 Å². The largest absolute Gasteiger partial charge is 0.481 e. The Balaban J connectivity index is 3.97. The number of carboxylic acid groups (broad SMARTS) is 1. The van der Waals surface area contributed by atoms with E-state index in [1.807, 2.05) is 5.32 Å². The molecular formula is C10H18N2O6S. The molecular weight excluding hydrogens is 276 g/mol. The van der Waals surface area contributed by atoms with E-state index in [1.54, 1.807) is 0 Å². The minimum absolute atomic E-state index is 0.0832. The minimum Gasteiger partial charge on any atom is -0.481 e. The zero-order valence-corrected chi connectivity index (χ0v) is 11.6. The fourth-order valence-electron chi connectivity index (χ4n) is 1.34. The van der Waals surface area contributed by atoms with Gasteiger partial charge >= 0.3 is 12.0 Å². The second-order valence-electron chi connectivity index (χ2n) is 4.26. The van der Waals surface area contributed by atoms with Crippen LogP contribution in [-0.4, -0.2) is 49.5 Å². The van der Waals surface area contributed by atoms with Crippen molar-refractivity contribution >= 4 is 27.7 Å². The van der Waals surface area contributed by atoms with Crippen molar-refractivity contribution in [2.75, 3.05) is 12.0 Å². The Labute approximate surface area is 111 Å². The van der Waals surface area contributed by atoms with Crippen molar-refractivity contribution in [1.29, 1.82) is 0 Å². The minimum atomic E-state index is -3.21. The molecule has 0 spiro atoms. The predicted molar refractivity (Wildman–Crippen MR) is 67.3 cm³/mol. The van der Waals surface area contributed by atoms with Crippen molar-refractivity contribution in [3.05, 3.63) is 0 Å². The van der Waals surface area contributed by atoms with Gasteiger partial charge in [-0.3, -0.25) is 14.9 Å². The molecule has 0 aliphatic rings. The van der Waals surface area contributed by atoms with Gasteiger partial charge in [-0.25, -0.2) is 13.2 Å². The highest BCUT2D eigenvalue weighted by Crippen LogP contribution is 1.95. The van der Waals surface area contributed by atoms with Gasteiger partial charge in [-0.15, -0.1) is 0 Å². The first-order valence-corrected chi connectivity index (χ1v) is 7.66. The number of sulfone groups is 1. The summed E-state index contributed by atoms with van der Waals surface area (Å²) in [6, 6.07) is -1.42. The van der Waals surface area contributed by atoms with Gasteiger partial charge in [0.25, 0.3) is 0 Å². The molecule has 0 rings (SSSR count). The van der Waals surface area contributed by atoms with Crippen LogP contribution in [0.5, 0.6) is 0 Å². The standard InChI is InChI=1S/C10H18N2O6S/c1-7(6-19(2,17)18)11-10(16)12-8(13)4-3-5-9(14)15/h7H,3-6H2,1-2H3,(H,14,15)(H2,11,12,13,16). The van der Waals surface area contributed by atoms with Crippen molar-refractivity contribution in [1.82, 2.24) is 10.6 Å². The second kappa shape index (κ2) is 7.72. The highest BCUT2D eigenvalue weighted by Gasteiger charge is 2.14. The lowest BCUT2D eigenvalue weighted by Crippen LogP contribution is -2.45. The number of hydrogen-bond donors (Lipinski definition) is 3. The lowest BCUT2D eigenvalue weighted by Gasteiger charge is -2.12. The Morgan fingerprint density at radius 2 is 1.79 bits per heavy atom. The van der Waals surface area contributed by atoms with Gasteiger partial charge in [0.2, 0.25) is 5.91 Å². The highest BCUT2D eigenvalue weighted by atomic mass is 32.2. The second-order valence-corrected chi connectivity index (χ2v) is 6.45. The molecule has 1 unspecified atom stereocenters. The van der Waals surface area contributed by atoms with Gasteiger partial charge in [0, 0.05) is 25.1 Å². The van der Waals surface area contributed by atoms with Crippen LogP contribution >= 0.6 is 0 Å². The molecule has 0 aliphatic carbocycles. The van der Waals surface area contributed by atoms with E-state index >= 15 is 0 Å². The van der Waals surface area contributed by atoms with Crippen LogP contribution in [0.3, 0.4) is 0 Å². The van der Waals surface area contributed by atoms with Gasteiger partial charge in [0.15, 0.2) is 0 Å². The van der Waals surface area contributed by atoms with E-state index in [1.165, 1.54) is 6.92 Å². The number of carboxylic acids is 1. The summed E-state index contributed by atoms with van der Waals surface area (Å²) in [4.78, 5) is 32.7. The van der Waals surface area contributed by atoms with Crippen molar-refractivity contribution in [3.63, 3.8) is 0 Å². The van der Waals surface area contributed by atoms with E-state index in [0.717, 1.165) is 6.26 Å². The predicted octanol–water partition coefficient (Wildman–Crippen LogP) is -0.500. The molecule has 0 heterocycles. The number of amides is 3. The van der Waals surface area contributed by atoms with Gasteiger partial charge in [-0.05, 0) is 13.3 Å². The summed E-state index contributed by atoms with van der Waals surface area (Å²) in [5, 5.41) is 12.7. The summed E-state index contributed by atoms with van der Waals surface area (Å²) in [5.41, 5.74) is 0. The Hall–Kier alpha value is -1.64. The molecule has 1 atom stereocenters. The van der Waals surface area contributed by atoms with E-state index in [-0.39, 0.29) is 25.0 Å². The summed E-state index contributed by atoms with van der Waals surface area (Å²) >= 11 is 0. The summed E-state index contributed by atoms with van der Waals surface area (Å²) < 4.78 is 21.9. The van der Waals surface area contributed by atoms with Crippen LogP contribution in [0, 0.1) is 0 Å². The third-order valence-corrected chi connectivity index (χ3v) is 3.08. The lowest BCUT2D eigenvalue weighted by molar-refractivity contribution is -0.137. The molecule has 110 valence electrons. The molecule has 0 saturated heterocycles. The van der Waals surface area contributed by atoms with Crippen LogP contribution in [0.25, 0.3) is 0 Å². The maximum absolute atomic E-state index is 11.3. The third kappa shape index (κ3) is 11.2. The molecule has 0 saturated carbocycles. The van der Waals surface area contributed by atoms with Crippen LogP contribution in [-0.2, 0) is 19.4 Å². The average molecular weight is 294 g/mol. The normalized spacial score (nSPS) is 12.5. The SMILES string of the molecule is CC(CS(C)(=O)=O)NC(=O)NC(=O)CCCC(=O)O. The van der Waals surface area contributed by atoms with E-state index in [4.69, 9.17) is 5.11 Å². The first kappa shape index (κ1) is 17.4. The number of urea groups is 1. The Morgan fingerprint density at radius 3 is 2.26 bits per heavy atom. The van der Waals surface area contributed by atoms with Gasteiger partial charge in [0.1, 0.15) is 9.84 Å². The number of aliphatic carboxylic acids is 1. The Bertz CT molecular complexity index is 445. The molecule has 3 amide bonds. The topological polar surface area (TPSA) is 130 Å². The zero-order chi connectivity index (χ0) is 15.1. The molecule has 0 aromatic heterocycles. The van der Waals surface area contributed by atoms with Crippen LogP contribution in [0.2, 0.25) is 0 Å². The fraction of sp³-hybridized carbons (Fsp3) is 0.700. The number of carbonyl (C=O) groups excluding carboxylic acids is 2. The van der Waals surface area contributed by atoms with Crippen molar-refractivity contribution in [2.24, 2.45) is 0 Å². The maximum atomic E-state index is 11.3. The molecule has 3 N–H and O–H groups in total. The Kier molecular flexibility index (Phi) is 7.05. The smallest absolute Gasteiger partial charge is 0.321 e. The van der Waals surface area contributed by atoms with Crippen molar-refractivity contribution < 1.29 is 27.9 Å². The first-order chi connectivity index (χ1) is 8.60. The third-order valence-electron chi connectivity index (χ3n) is 1.98. The summed E-state index contributed by atoms with van der Waals surface area (Å²) in [5.74, 6) is -1.85. The molecule has 0 bridgehead atoms. The molecule has 9 heteroatoms. The molecule has 0 radical (unpaired) electrons.